The first-order valence-corrected chi connectivity index (χ1v) is 8.37. The predicted octanol–water partition coefficient (Wildman–Crippen LogP) is 6.51. The summed E-state index contributed by atoms with van der Waals surface area (Å²) in [5.41, 5.74) is 4.37. The smallest absolute Gasteiger partial charge is 0 e. The molecule has 0 spiro atoms. The molecule has 0 heterocycles. The molecular formula is C20H30Hf-2. The summed E-state index contributed by atoms with van der Waals surface area (Å²) in [6.45, 7) is 6.67. The Labute approximate surface area is 151 Å². The number of rotatable bonds is 7. The summed E-state index contributed by atoms with van der Waals surface area (Å²) in [4.78, 5) is 0. The van der Waals surface area contributed by atoms with E-state index in [4.69, 9.17) is 0 Å². The van der Waals surface area contributed by atoms with Crippen LogP contribution in [0.15, 0.2) is 34.9 Å². The summed E-state index contributed by atoms with van der Waals surface area (Å²) < 4.78 is 0. The Bertz CT molecular complexity index is 383. The quantitative estimate of drug-likeness (QED) is 0.307. The molecule has 0 N–H and O–H groups in total. The Morgan fingerprint density at radius 2 is 1.76 bits per heavy atom. The van der Waals surface area contributed by atoms with Crippen molar-refractivity contribution < 1.29 is 25.8 Å². The molecule has 0 bridgehead atoms. The van der Waals surface area contributed by atoms with Gasteiger partial charge in [-0.05, 0) is 0 Å². The summed E-state index contributed by atoms with van der Waals surface area (Å²) >= 11 is 0. The van der Waals surface area contributed by atoms with E-state index in [1.54, 1.807) is 0 Å². The molecular weight excluding hydrogens is 419 g/mol. The van der Waals surface area contributed by atoms with Gasteiger partial charge in [0, 0.05) is 25.8 Å². The van der Waals surface area contributed by atoms with Crippen molar-refractivity contribution in [1.82, 2.24) is 0 Å². The van der Waals surface area contributed by atoms with Crippen LogP contribution in [-0.4, -0.2) is 0 Å². The van der Waals surface area contributed by atoms with Gasteiger partial charge in [0.1, 0.15) is 0 Å². The van der Waals surface area contributed by atoms with Crippen LogP contribution in [0, 0.1) is 12.2 Å². The van der Waals surface area contributed by atoms with Gasteiger partial charge in [0.05, 0.1) is 0 Å². The van der Waals surface area contributed by atoms with Crippen molar-refractivity contribution in [2.75, 3.05) is 0 Å². The van der Waals surface area contributed by atoms with Crippen molar-refractivity contribution in [3.05, 3.63) is 47.1 Å². The second kappa shape index (κ2) is 13.5. The van der Waals surface area contributed by atoms with E-state index < -0.39 is 0 Å². The fourth-order valence-corrected chi connectivity index (χ4v) is 2.46. The largest absolute Gasteiger partial charge is 0.269 e. The molecule has 0 aromatic rings. The summed E-state index contributed by atoms with van der Waals surface area (Å²) in [7, 11) is 0. The van der Waals surface area contributed by atoms with Crippen molar-refractivity contribution in [3.63, 3.8) is 0 Å². The molecule has 1 heteroatoms. The summed E-state index contributed by atoms with van der Waals surface area (Å²) in [5, 5.41) is 0. The van der Waals surface area contributed by atoms with Gasteiger partial charge in [-0.3, -0.25) is 6.08 Å². The van der Waals surface area contributed by atoms with Crippen LogP contribution >= 0.6 is 0 Å². The maximum absolute atomic E-state index is 3.50. The maximum Gasteiger partial charge on any atom is 0 e. The van der Waals surface area contributed by atoms with Crippen molar-refractivity contribution in [3.8, 4) is 0 Å². The molecule has 0 aromatic carbocycles. The molecule has 2 aliphatic carbocycles. The average Bonchev–Trinajstić information content (AvgIpc) is 3.10. The fourth-order valence-electron chi connectivity index (χ4n) is 2.46. The van der Waals surface area contributed by atoms with Gasteiger partial charge < -0.3 is 0 Å². The van der Waals surface area contributed by atoms with Crippen LogP contribution in [0.4, 0.5) is 0 Å². The van der Waals surface area contributed by atoms with Crippen LogP contribution in [-0.2, 0) is 25.8 Å². The van der Waals surface area contributed by atoms with Crippen molar-refractivity contribution in [1.29, 1.82) is 0 Å². The van der Waals surface area contributed by atoms with E-state index in [9.17, 15) is 0 Å². The third-order valence-corrected chi connectivity index (χ3v) is 3.57. The second-order valence-electron chi connectivity index (χ2n) is 5.57. The van der Waals surface area contributed by atoms with Gasteiger partial charge in [-0.1, -0.05) is 72.1 Å². The van der Waals surface area contributed by atoms with Gasteiger partial charge in [0.2, 0.25) is 0 Å². The van der Waals surface area contributed by atoms with Crippen molar-refractivity contribution in [2.45, 2.75) is 78.6 Å². The van der Waals surface area contributed by atoms with E-state index in [0.717, 1.165) is 6.42 Å². The van der Waals surface area contributed by atoms with Crippen LogP contribution in [0.1, 0.15) is 78.6 Å². The molecule has 0 aliphatic heterocycles. The Morgan fingerprint density at radius 1 is 1.00 bits per heavy atom. The van der Waals surface area contributed by atoms with E-state index in [1.807, 2.05) is 0 Å². The van der Waals surface area contributed by atoms with E-state index in [0.29, 0.717) is 0 Å². The van der Waals surface area contributed by atoms with Crippen LogP contribution in [0.2, 0.25) is 0 Å². The summed E-state index contributed by atoms with van der Waals surface area (Å²) in [5.74, 6) is 0. The molecule has 0 saturated carbocycles. The first-order chi connectivity index (χ1) is 9.80. The molecule has 0 amide bonds. The summed E-state index contributed by atoms with van der Waals surface area (Å²) in [6, 6.07) is 0. The molecule has 0 radical (unpaired) electrons. The van der Waals surface area contributed by atoms with Gasteiger partial charge in [-0.2, -0.15) is 11.6 Å². The Kier molecular flexibility index (Phi) is 13.4. The first kappa shape index (κ1) is 20.8. The molecule has 2 rings (SSSR count). The van der Waals surface area contributed by atoms with Crippen molar-refractivity contribution in [2.24, 2.45) is 0 Å². The van der Waals surface area contributed by atoms with Gasteiger partial charge in [-0.15, -0.1) is 6.42 Å². The zero-order valence-corrected chi connectivity index (χ0v) is 17.7. The minimum Gasteiger partial charge on any atom is -0.269 e. The van der Waals surface area contributed by atoms with E-state index in [-0.39, 0.29) is 25.8 Å². The Hall–Kier alpha value is -0.170. The topological polar surface area (TPSA) is 0 Å². The molecule has 0 unspecified atom stereocenters. The molecule has 2 aliphatic rings. The Balaban J connectivity index is 0.000000390. The van der Waals surface area contributed by atoms with Gasteiger partial charge >= 0.3 is 0 Å². The molecule has 0 fully saturated rings. The number of hydrogen-bond acceptors (Lipinski definition) is 0. The zero-order valence-electron chi connectivity index (χ0n) is 14.1. The van der Waals surface area contributed by atoms with Gasteiger partial charge in [0.25, 0.3) is 0 Å². The Morgan fingerprint density at radius 3 is 2.33 bits per heavy atom. The molecule has 116 valence electrons. The van der Waals surface area contributed by atoms with Gasteiger partial charge in [0.15, 0.2) is 0 Å². The third kappa shape index (κ3) is 9.45. The standard InChI is InChI=1S/C12H19.C8H11.Hf/c1-3-5-7-12-9-8-11(10-12)6-4-2;1-2-5-8-6-3-4-7-8;/h9H,3-8H2,1-2H3;3,6H,2,4-5H2,1H3;/q2*-1;. The molecule has 0 aromatic heterocycles. The molecule has 21 heavy (non-hydrogen) atoms. The minimum atomic E-state index is 0. The van der Waals surface area contributed by atoms with E-state index in [1.165, 1.54) is 68.1 Å². The molecule has 0 saturated heterocycles. The van der Waals surface area contributed by atoms with Gasteiger partial charge in [-0.25, -0.2) is 29.4 Å². The van der Waals surface area contributed by atoms with Crippen molar-refractivity contribution >= 4 is 0 Å². The fraction of sp³-hybridized carbons (Fsp3) is 0.600. The average molecular weight is 449 g/mol. The van der Waals surface area contributed by atoms with E-state index >= 15 is 0 Å². The van der Waals surface area contributed by atoms with E-state index in [2.05, 4.69) is 51.2 Å². The minimum absolute atomic E-state index is 0. The van der Waals surface area contributed by atoms with Crippen LogP contribution in [0.25, 0.3) is 0 Å². The normalized spacial score (nSPS) is 15.7. The van der Waals surface area contributed by atoms with Crippen LogP contribution < -0.4 is 0 Å². The predicted molar refractivity (Wildman–Crippen MR) is 89.3 cm³/mol. The number of hydrogen-bond donors (Lipinski definition) is 0. The summed E-state index contributed by atoms with van der Waals surface area (Å²) in [6.07, 6.45) is 24.5. The maximum atomic E-state index is 3.50. The third-order valence-electron chi connectivity index (χ3n) is 3.57. The first-order valence-electron chi connectivity index (χ1n) is 8.37. The molecule has 0 nitrogen and oxygen atoms in total. The SMILES string of the molecule is CCCC1=[C-]CC=C1.CCCCC1=CCC(CCC)=[C-]1.[Hf]. The monoisotopic (exact) mass is 450 g/mol. The number of allylic oxidation sites excluding steroid dienone is 8. The second-order valence-corrected chi connectivity index (χ2v) is 5.57. The zero-order chi connectivity index (χ0) is 14.6. The molecule has 0 atom stereocenters. The van der Waals surface area contributed by atoms with Crippen LogP contribution in [0.5, 0.6) is 0 Å². The number of unbranched alkanes of at least 4 members (excludes halogenated alkanes) is 1. The van der Waals surface area contributed by atoms with Crippen LogP contribution in [0.3, 0.4) is 0 Å².